The minimum Gasteiger partial charge on any atom is -0.437 e. The van der Waals surface area contributed by atoms with Crippen LogP contribution in [0.2, 0.25) is 0 Å². The molecule has 1 N–H and O–H groups in total. The standard InChI is InChI=1S/C4H3NO2S/c6-4(7)8-2-1-5-3-8/h1-3H/p+1. The van der Waals surface area contributed by atoms with Gasteiger partial charge in [0.1, 0.15) is 10.5 Å². The average Bonchev–Trinajstić information content (AvgIpc) is 2.12. The minimum absolute atomic E-state index is 0.735. The molecule has 1 unspecified atom stereocenters. The molecule has 0 bridgehead atoms. The summed E-state index contributed by atoms with van der Waals surface area (Å²) in [5.41, 5.74) is 1.42. The third-order valence-corrected chi connectivity index (χ3v) is 1.84. The third kappa shape index (κ3) is 0.840. The molecule has 0 fully saturated rings. The van der Waals surface area contributed by atoms with Crippen LogP contribution in [0, 0.1) is 0 Å². The van der Waals surface area contributed by atoms with Gasteiger partial charge < -0.3 is 5.11 Å². The molecular formula is C4H4NO2S+. The first-order valence-electron chi connectivity index (χ1n) is 1.95. The molecule has 1 aromatic rings. The molecule has 1 rings (SSSR count). The number of rotatable bonds is 1. The molecule has 0 aliphatic heterocycles. The number of carboxylic acid groups (broad SMARTS) is 1. The van der Waals surface area contributed by atoms with Gasteiger partial charge in [-0.05, 0) is 0 Å². The summed E-state index contributed by atoms with van der Waals surface area (Å²) >= 11 is 0. The van der Waals surface area contributed by atoms with E-state index >= 15 is 0 Å². The van der Waals surface area contributed by atoms with Crippen LogP contribution in [-0.2, 0) is 0 Å². The lowest BCUT2D eigenvalue weighted by Gasteiger charge is -1.66. The highest BCUT2D eigenvalue weighted by molar-refractivity contribution is 7.47. The van der Waals surface area contributed by atoms with Crippen LogP contribution < -0.4 is 0 Å². The van der Waals surface area contributed by atoms with Crippen molar-refractivity contribution in [2.45, 2.75) is 0 Å². The fourth-order valence-electron chi connectivity index (χ4n) is 0.340. The van der Waals surface area contributed by atoms with Crippen LogP contribution in [0.25, 0.3) is 0 Å². The molecule has 1 heterocycles. The first kappa shape index (κ1) is 5.24. The molecule has 8 heavy (non-hydrogen) atoms. The van der Waals surface area contributed by atoms with E-state index in [1.54, 1.807) is 5.38 Å². The van der Waals surface area contributed by atoms with Crippen molar-refractivity contribution < 1.29 is 9.90 Å². The quantitative estimate of drug-likeness (QED) is 0.584. The van der Waals surface area contributed by atoms with E-state index in [1.165, 1.54) is 11.7 Å². The van der Waals surface area contributed by atoms with Gasteiger partial charge in [0.15, 0.2) is 5.38 Å². The van der Waals surface area contributed by atoms with Gasteiger partial charge in [-0.2, -0.15) is 4.79 Å². The van der Waals surface area contributed by atoms with Gasteiger partial charge in [0.05, 0.1) is 6.20 Å². The molecule has 42 valence electrons. The predicted molar refractivity (Wildman–Crippen MR) is 30.1 cm³/mol. The molecule has 3 nitrogen and oxygen atoms in total. The van der Waals surface area contributed by atoms with Crippen molar-refractivity contribution in [3.05, 3.63) is 17.1 Å². The Labute approximate surface area is 48.6 Å². The molecule has 0 saturated heterocycles. The lowest BCUT2D eigenvalue weighted by molar-refractivity contribution is 0.221. The van der Waals surface area contributed by atoms with Crippen molar-refractivity contribution in [1.29, 1.82) is 0 Å². The van der Waals surface area contributed by atoms with Crippen molar-refractivity contribution in [2.24, 2.45) is 0 Å². The van der Waals surface area contributed by atoms with Crippen molar-refractivity contribution in [3.63, 3.8) is 0 Å². The molecular weight excluding hydrogens is 126 g/mol. The molecule has 0 saturated carbocycles. The SMILES string of the molecule is O=C(O)[s+]1ccnc1. The van der Waals surface area contributed by atoms with Gasteiger partial charge in [-0.25, -0.2) is 4.98 Å². The van der Waals surface area contributed by atoms with Crippen molar-refractivity contribution >= 4 is 15.8 Å². The maximum absolute atomic E-state index is 10.1. The lowest BCUT2D eigenvalue weighted by atomic mass is 11.0. The van der Waals surface area contributed by atoms with Gasteiger partial charge in [0.25, 0.3) is 0 Å². The van der Waals surface area contributed by atoms with Gasteiger partial charge >= 0.3 is 5.30 Å². The summed E-state index contributed by atoms with van der Waals surface area (Å²) in [4.78, 5) is 13.7. The van der Waals surface area contributed by atoms with Crippen LogP contribution in [0.1, 0.15) is 0 Å². The molecule has 0 aliphatic rings. The first-order valence-corrected chi connectivity index (χ1v) is 3.30. The van der Waals surface area contributed by atoms with Crippen molar-refractivity contribution in [3.8, 4) is 0 Å². The van der Waals surface area contributed by atoms with E-state index in [-0.39, 0.29) is 0 Å². The Bertz CT molecular complexity index is 182. The van der Waals surface area contributed by atoms with Gasteiger partial charge in [-0.15, -0.1) is 0 Å². The fourth-order valence-corrected chi connectivity index (χ4v) is 1.02. The van der Waals surface area contributed by atoms with Crippen LogP contribution in [0.3, 0.4) is 0 Å². The fraction of sp³-hybridized carbons (Fsp3) is 0. The second-order valence-electron chi connectivity index (χ2n) is 1.18. The smallest absolute Gasteiger partial charge is 0.437 e. The summed E-state index contributed by atoms with van der Waals surface area (Å²) in [5.74, 6) is 0. The summed E-state index contributed by atoms with van der Waals surface area (Å²) in [6.07, 6.45) is 1.50. The van der Waals surface area contributed by atoms with E-state index in [2.05, 4.69) is 4.98 Å². The van der Waals surface area contributed by atoms with E-state index in [0.717, 1.165) is 0 Å². The molecule has 0 amide bonds. The number of hydrogen-bond acceptors (Lipinski definition) is 2. The zero-order chi connectivity index (χ0) is 5.98. The van der Waals surface area contributed by atoms with Gasteiger partial charge in [0.2, 0.25) is 5.51 Å². The minimum atomic E-state index is -0.817. The van der Waals surface area contributed by atoms with E-state index in [9.17, 15) is 4.79 Å². The van der Waals surface area contributed by atoms with Crippen molar-refractivity contribution in [2.75, 3.05) is 0 Å². The lowest BCUT2D eigenvalue weighted by Crippen LogP contribution is -1.79. The van der Waals surface area contributed by atoms with Crippen molar-refractivity contribution in [1.82, 2.24) is 4.98 Å². The Hall–Kier alpha value is -0.900. The molecule has 4 heteroatoms. The summed E-state index contributed by atoms with van der Waals surface area (Å²) in [7, 11) is -0.735. The number of aromatic nitrogens is 1. The highest BCUT2D eigenvalue weighted by atomic mass is 32.2. The van der Waals surface area contributed by atoms with Crippen LogP contribution in [-0.4, -0.2) is 15.4 Å². The molecule has 0 aromatic carbocycles. The Kier molecular flexibility index (Phi) is 1.26. The molecule has 0 spiro atoms. The monoisotopic (exact) mass is 130 g/mol. The summed E-state index contributed by atoms with van der Waals surface area (Å²) in [6.45, 7) is 0. The van der Waals surface area contributed by atoms with E-state index in [1.807, 2.05) is 0 Å². The highest BCUT2D eigenvalue weighted by Crippen LogP contribution is 2.13. The summed E-state index contributed by atoms with van der Waals surface area (Å²) in [5, 5.41) is 9.02. The first-order chi connectivity index (χ1) is 3.80. The molecule has 1 atom stereocenters. The van der Waals surface area contributed by atoms with Crippen LogP contribution >= 0.6 is 10.5 Å². The van der Waals surface area contributed by atoms with Gasteiger partial charge in [-0.3, -0.25) is 0 Å². The maximum Gasteiger partial charge on any atom is 0.553 e. The number of nitrogens with zero attached hydrogens (tertiary/aromatic N) is 1. The Balaban J connectivity index is 2.93. The Morgan fingerprint density at radius 1 is 1.75 bits per heavy atom. The normalized spacial score (nSPS) is 11.2. The third-order valence-electron chi connectivity index (χ3n) is 0.670. The van der Waals surface area contributed by atoms with Crippen LogP contribution in [0.15, 0.2) is 17.1 Å². The molecule has 0 radical (unpaired) electrons. The average molecular weight is 130 g/mol. The number of carbonyl (C=O) groups is 1. The van der Waals surface area contributed by atoms with E-state index in [0.29, 0.717) is 0 Å². The van der Waals surface area contributed by atoms with E-state index < -0.39 is 15.8 Å². The molecule has 1 aromatic heterocycles. The molecule has 0 aliphatic carbocycles. The zero-order valence-electron chi connectivity index (χ0n) is 3.94. The Morgan fingerprint density at radius 3 is 2.75 bits per heavy atom. The van der Waals surface area contributed by atoms with Crippen LogP contribution in [0.4, 0.5) is 4.79 Å². The zero-order valence-corrected chi connectivity index (χ0v) is 4.76. The highest BCUT2D eigenvalue weighted by Gasteiger charge is 2.12. The predicted octanol–water partition coefficient (Wildman–Crippen LogP) is 1.36. The second-order valence-corrected chi connectivity index (χ2v) is 2.75. The van der Waals surface area contributed by atoms with Gasteiger partial charge in [-0.1, -0.05) is 0 Å². The number of hydrogen-bond donors (Lipinski definition) is 1. The largest absolute Gasteiger partial charge is 0.553 e. The maximum atomic E-state index is 10.1. The van der Waals surface area contributed by atoms with E-state index in [4.69, 9.17) is 5.11 Å². The second kappa shape index (κ2) is 1.92. The number of thiazole rings is 1. The summed E-state index contributed by atoms with van der Waals surface area (Å²) in [6, 6.07) is 0. The van der Waals surface area contributed by atoms with Crippen LogP contribution in [0.5, 0.6) is 0 Å². The topological polar surface area (TPSA) is 50.2 Å². The summed E-state index contributed by atoms with van der Waals surface area (Å²) < 4.78 is 0. The van der Waals surface area contributed by atoms with Gasteiger partial charge in [0, 0.05) is 0 Å². The Morgan fingerprint density at radius 2 is 2.50 bits per heavy atom.